The largest absolute Gasteiger partial charge is 0.389 e. The average molecular weight is 203 g/mol. The Kier molecular flexibility index (Phi) is 3.62. The van der Waals surface area contributed by atoms with E-state index in [2.05, 4.69) is 4.98 Å². The lowest BCUT2D eigenvalue weighted by atomic mass is 10.1. The van der Waals surface area contributed by atoms with Gasteiger partial charge in [0.05, 0.1) is 6.10 Å². The molecule has 0 aliphatic carbocycles. The van der Waals surface area contributed by atoms with Crippen molar-refractivity contribution < 1.29 is 10.2 Å². The summed E-state index contributed by atoms with van der Waals surface area (Å²) >= 11 is 5.55. The minimum absolute atomic E-state index is 0.00376. The summed E-state index contributed by atoms with van der Waals surface area (Å²) in [6, 6.07) is 3.14. The first kappa shape index (κ1) is 10.4. The summed E-state index contributed by atoms with van der Waals surface area (Å²) in [6.07, 6.45) is -0.566. The molecule has 4 N–H and O–H groups in total. The molecule has 4 nitrogen and oxygen atoms in total. The van der Waals surface area contributed by atoms with Crippen LogP contribution < -0.4 is 5.73 Å². The fraction of sp³-hybridized carbons (Fsp3) is 0.375. The van der Waals surface area contributed by atoms with Crippen LogP contribution in [0.4, 0.5) is 0 Å². The Hall–Kier alpha value is -0.680. The molecule has 0 aliphatic heterocycles. The highest BCUT2D eigenvalue weighted by Gasteiger charge is 2.16. The van der Waals surface area contributed by atoms with Gasteiger partial charge in [-0.05, 0) is 6.07 Å². The third-order valence-electron chi connectivity index (χ3n) is 1.70. The van der Waals surface area contributed by atoms with Crippen LogP contribution in [0.3, 0.4) is 0 Å². The Labute approximate surface area is 81.0 Å². The fourth-order valence-corrected chi connectivity index (χ4v) is 1.03. The van der Waals surface area contributed by atoms with Crippen LogP contribution in [0.2, 0.25) is 5.15 Å². The van der Waals surface area contributed by atoms with E-state index in [1.807, 2.05) is 0 Å². The van der Waals surface area contributed by atoms with Gasteiger partial charge < -0.3 is 15.9 Å². The number of rotatable bonds is 3. The topological polar surface area (TPSA) is 79.4 Å². The van der Waals surface area contributed by atoms with E-state index in [1.54, 1.807) is 12.1 Å². The minimum Gasteiger partial charge on any atom is -0.389 e. The monoisotopic (exact) mass is 202 g/mol. The SMILES string of the molecule is NCC(O)C(O)c1ccc(Cl)nc1. The third-order valence-corrected chi connectivity index (χ3v) is 1.92. The maximum Gasteiger partial charge on any atom is 0.129 e. The van der Waals surface area contributed by atoms with Gasteiger partial charge in [-0.15, -0.1) is 0 Å². The maximum absolute atomic E-state index is 9.47. The number of pyridine rings is 1. The number of hydrogen-bond donors (Lipinski definition) is 3. The van der Waals surface area contributed by atoms with Crippen molar-refractivity contribution in [2.24, 2.45) is 5.73 Å². The Morgan fingerprint density at radius 2 is 2.15 bits per heavy atom. The van der Waals surface area contributed by atoms with Crippen molar-refractivity contribution in [3.63, 3.8) is 0 Å². The van der Waals surface area contributed by atoms with Crippen molar-refractivity contribution in [3.05, 3.63) is 29.0 Å². The molecule has 0 fully saturated rings. The quantitative estimate of drug-likeness (QED) is 0.607. The lowest BCUT2D eigenvalue weighted by Crippen LogP contribution is -2.27. The smallest absolute Gasteiger partial charge is 0.129 e. The zero-order valence-electron chi connectivity index (χ0n) is 6.89. The van der Waals surface area contributed by atoms with Crippen molar-refractivity contribution in [1.82, 2.24) is 4.98 Å². The van der Waals surface area contributed by atoms with Crippen LogP contribution in [-0.2, 0) is 0 Å². The highest BCUT2D eigenvalue weighted by atomic mass is 35.5. The molecule has 0 amide bonds. The van der Waals surface area contributed by atoms with Crippen LogP contribution in [-0.4, -0.2) is 27.8 Å². The van der Waals surface area contributed by atoms with E-state index < -0.39 is 12.2 Å². The van der Waals surface area contributed by atoms with Gasteiger partial charge in [-0.1, -0.05) is 17.7 Å². The van der Waals surface area contributed by atoms with Crippen molar-refractivity contribution in [2.45, 2.75) is 12.2 Å². The summed E-state index contributed by atoms with van der Waals surface area (Å²) in [6.45, 7) is 0.00376. The molecule has 0 aliphatic rings. The summed E-state index contributed by atoms with van der Waals surface area (Å²) in [5, 5.41) is 19.0. The van der Waals surface area contributed by atoms with E-state index in [0.29, 0.717) is 10.7 Å². The second-order valence-corrected chi connectivity index (χ2v) is 3.05. The fourth-order valence-electron chi connectivity index (χ4n) is 0.913. The van der Waals surface area contributed by atoms with Gasteiger partial charge in [0.2, 0.25) is 0 Å². The molecule has 2 atom stereocenters. The second kappa shape index (κ2) is 4.53. The molecule has 72 valence electrons. The third kappa shape index (κ3) is 2.63. The lowest BCUT2D eigenvalue weighted by Gasteiger charge is -2.15. The molecular weight excluding hydrogens is 192 g/mol. The van der Waals surface area contributed by atoms with Gasteiger partial charge in [-0.2, -0.15) is 0 Å². The first-order valence-electron chi connectivity index (χ1n) is 3.83. The standard InChI is InChI=1S/C8H11ClN2O2/c9-7-2-1-5(4-11-7)8(13)6(12)3-10/h1-2,4,6,8,12-13H,3,10H2. The normalized spacial score (nSPS) is 15.4. The lowest BCUT2D eigenvalue weighted by molar-refractivity contribution is 0.0241. The van der Waals surface area contributed by atoms with Gasteiger partial charge >= 0.3 is 0 Å². The van der Waals surface area contributed by atoms with Gasteiger partial charge in [-0.25, -0.2) is 4.98 Å². The van der Waals surface area contributed by atoms with Gasteiger partial charge in [0.1, 0.15) is 11.3 Å². The van der Waals surface area contributed by atoms with Crippen LogP contribution in [0.1, 0.15) is 11.7 Å². The Bertz CT molecular complexity index is 265. The number of halogens is 1. The number of aliphatic hydroxyl groups is 2. The van der Waals surface area contributed by atoms with E-state index in [-0.39, 0.29) is 6.54 Å². The molecule has 0 aromatic carbocycles. The van der Waals surface area contributed by atoms with Crippen molar-refractivity contribution >= 4 is 11.6 Å². The summed E-state index contributed by atoms with van der Waals surface area (Å²) in [7, 11) is 0. The zero-order chi connectivity index (χ0) is 9.84. The molecule has 1 aromatic rings. The van der Waals surface area contributed by atoms with Crippen molar-refractivity contribution in [2.75, 3.05) is 6.54 Å². The molecule has 0 bridgehead atoms. The number of aliphatic hydroxyl groups excluding tert-OH is 2. The van der Waals surface area contributed by atoms with Gasteiger partial charge in [0.25, 0.3) is 0 Å². The molecule has 1 rings (SSSR count). The van der Waals surface area contributed by atoms with Gasteiger partial charge in [-0.3, -0.25) is 0 Å². The summed E-state index contributed by atoms with van der Waals surface area (Å²) in [5.74, 6) is 0. The van der Waals surface area contributed by atoms with Crippen LogP contribution in [0.25, 0.3) is 0 Å². The molecular formula is C8H11ClN2O2. The van der Waals surface area contributed by atoms with Crippen LogP contribution in [0.5, 0.6) is 0 Å². The van der Waals surface area contributed by atoms with Crippen molar-refractivity contribution in [1.29, 1.82) is 0 Å². The van der Waals surface area contributed by atoms with E-state index in [1.165, 1.54) is 6.20 Å². The Balaban J connectivity index is 2.77. The predicted molar refractivity (Wildman–Crippen MR) is 49.3 cm³/mol. The second-order valence-electron chi connectivity index (χ2n) is 2.66. The highest BCUT2D eigenvalue weighted by molar-refractivity contribution is 6.29. The molecule has 0 radical (unpaired) electrons. The van der Waals surface area contributed by atoms with E-state index >= 15 is 0 Å². The average Bonchev–Trinajstić information content (AvgIpc) is 2.17. The van der Waals surface area contributed by atoms with Crippen LogP contribution >= 0.6 is 11.6 Å². The summed E-state index contributed by atoms with van der Waals surface area (Å²) < 4.78 is 0. The number of nitrogens with zero attached hydrogens (tertiary/aromatic N) is 1. The minimum atomic E-state index is -1.00. The zero-order valence-corrected chi connectivity index (χ0v) is 7.65. The maximum atomic E-state index is 9.47. The first-order chi connectivity index (χ1) is 6.15. The molecule has 2 unspecified atom stereocenters. The Morgan fingerprint density at radius 3 is 2.62 bits per heavy atom. The molecule has 1 aromatic heterocycles. The number of aromatic nitrogens is 1. The molecule has 0 saturated carbocycles. The molecule has 13 heavy (non-hydrogen) atoms. The number of hydrogen-bond acceptors (Lipinski definition) is 4. The van der Waals surface area contributed by atoms with Crippen LogP contribution in [0, 0.1) is 0 Å². The van der Waals surface area contributed by atoms with Crippen molar-refractivity contribution in [3.8, 4) is 0 Å². The van der Waals surface area contributed by atoms with E-state index in [9.17, 15) is 10.2 Å². The molecule has 1 heterocycles. The van der Waals surface area contributed by atoms with E-state index in [4.69, 9.17) is 17.3 Å². The first-order valence-corrected chi connectivity index (χ1v) is 4.20. The number of nitrogens with two attached hydrogens (primary N) is 1. The highest BCUT2D eigenvalue weighted by Crippen LogP contribution is 2.16. The van der Waals surface area contributed by atoms with E-state index in [0.717, 1.165) is 0 Å². The Morgan fingerprint density at radius 1 is 1.46 bits per heavy atom. The summed E-state index contributed by atoms with van der Waals surface area (Å²) in [5.41, 5.74) is 5.69. The molecule has 0 spiro atoms. The van der Waals surface area contributed by atoms with Crippen LogP contribution in [0.15, 0.2) is 18.3 Å². The van der Waals surface area contributed by atoms with Gasteiger partial charge in [0.15, 0.2) is 0 Å². The molecule has 5 heteroatoms. The molecule has 0 saturated heterocycles. The predicted octanol–water partition coefficient (Wildman–Crippen LogP) is 0.0880. The summed E-state index contributed by atoms with van der Waals surface area (Å²) in [4.78, 5) is 3.77. The van der Waals surface area contributed by atoms with Gasteiger partial charge in [0, 0.05) is 18.3 Å².